The van der Waals surface area contributed by atoms with Crippen LogP contribution in [0.5, 0.6) is 5.75 Å². The highest BCUT2D eigenvalue weighted by Gasteiger charge is 2.27. The van der Waals surface area contributed by atoms with Gasteiger partial charge in [0.15, 0.2) is 3.95 Å². The van der Waals surface area contributed by atoms with Crippen molar-refractivity contribution < 1.29 is 14.3 Å². The van der Waals surface area contributed by atoms with Crippen LogP contribution in [0.1, 0.15) is 27.7 Å². The Morgan fingerprint density at radius 1 is 1.35 bits per heavy atom. The fourth-order valence-corrected chi connectivity index (χ4v) is 2.67. The average molecular weight is 353 g/mol. The summed E-state index contributed by atoms with van der Waals surface area (Å²) in [5.41, 5.74) is 0.0127. The van der Waals surface area contributed by atoms with Gasteiger partial charge in [-0.3, -0.25) is 5.10 Å². The number of carbonyl (C=O) groups excluding carboxylic acids is 1. The molecule has 1 heterocycles. The Balaban J connectivity index is 2.37. The molecule has 0 aliphatic heterocycles. The van der Waals surface area contributed by atoms with Crippen LogP contribution in [0.15, 0.2) is 24.3 Å². The molecule has 0 unspecified atom stereocenters. The van der Waals surface area contributed by atoms with Crippen molar-refractivity contribution >= 4 is 40.5 Å². The molecule has 2 rings (SSSR count). The summed E-state index contributed by atoms with van der Waals surface area (Å²) in [4.78, 5) is 14.0. The number of H-pyrrole nitrogens is 1. The van der Waals surface area contributed by atoms with Crippen LogP contribution in [0, 0.1) is 3.95 Å². The molecule has 23 heavy (non-hydrogen) atoms. The molecule has 1 aromatic carbocycles. The predicted octanol–water partition coefficient (Wildman–Crippen LogP) is 4.67. The van der Waals surface area contributed by atoms with Gasteiger partial charge in [-0.15, -0.1) is 5.10 Å². The predicted molar refractivity (Wildman–Crippen MR) is 93.3 cm³/mol. The Hall–Kier alpha value is -1.93. The van der Waals surface area contributed by atoms with Crippen molar-refractivity contribution in [2.24, 2.45) is 0 Å². The van der Waals surface area contributed by atoms with E-state index in [1.807, 2.05) is 27.7 Å². The number of nitrogens with zero attached hydrogens (tertiary/aromatic N) is 2. The maximum Gasteiger partial charge on any atom is 0.421 e. The summed E-state index contributed by atoms with van der Waals surface area (Å²) < 4.78 is 11.4. The van der Waals surface area contributed by atoms with Crippen molar-refractivity contribution in [1.29, 1.82) is 0 Å². The number of rotatable bonds is 4. The molecule has 0 bridgehead atoms. The van der Waals surface area contributed by atoms with Crippen LogP contribution in [0.4, 0.5) is 15.6 Å². The second-order valence-corrected chi connectivity index (χ2v) is 7.28. The van der Waals surface area contributed by atoms with Crippen molar-refractivity contribution in [2.45, 2.75) is 33.3 Å². The van der Waals surface area contributed by atoms with Crippen LogP contribution in [-0.2, 0) is 4.74 Å². The largest absolute Gasteiger partial charge is 0.494 e. The monoisotopic (exact) mass is 353 g/mol. The molecule has 1 aromatic heterocycles. The first-order valence-corrected chi connectivity index (χ1v) is 8.34. The van der Waals surface area contributed by atoms with Crippen LogP contribution in [0.3, 0.4) is 0 Å². The molecule has 0 radical (unpaired) electrons. The number of nitrogens with one attached hydrogen (secondary N) is 1. The minimum Gasteiger partial charge on any atom is -0.494 e. The number of amides is 1. The number of ether oxygens (including phenoxy) is 2. The zero-order valence-electron chi connectivity index (χ0n) is 13.5. The minimum atomic E-state index is -0.613. The Bertz CT molecular complexity index is 717. The van der Waals surface area contributed by atoms with E-state index in [-0.39, 0.29) is 0 Å². The molecule has 1 N–H and O–H groups in total. The van der Waals surface area contributed by atoms with Gasteiger partial charge in [0.1, 0.15) is 11.4 Å². The molecule has 0 saturated heterocycles. The third-order valence-electron chi connectivity index (χ3n) is 2.60. The van der Waals surface area contributed by atoms with Crippen LogP contribution in [0.25, 0.3) is 0 Å². The summed E-state index contributed by atoms with van der Waals surface area (Å²) in [5.74, 6) is 0.732. The zero-order valence-corrected chi connectivity index (χ0v) is 15.1. The maximum absolute atomic E-state index is 12.6. The molecule has 2 aromatic rings. The molecule has 8 heteroatoms. The third-order valence-corrected chi connectivity index (χ3v) is 3.67. The van der Waals surface area contributed by atoms with Crippen molar-refractivity contribution in [3.05, 3.63) is 28.2 Å². The van der Waals surface area contributed by atoms with Gasteiger partial charge in [-0.2, -0.15) is 0 Å². The number of anilines is 2. The molecular formula is C15H19N3O3S2. The molecule has 0 aliphatic rings. The second kappa shape index (κ2) is 7.10. The van der Waals surface area contributed by atoms with Crippen molar-refractivity contribution in [1.82, 2.24) is 10.2 Å². The van der Waals surface area contributed by atoms with E-state index in [0.29, 0.717) is 21.4 Å². The van der Waals surface area contributed by atoms with Crippen LogP contribution in [-0.4, -0.2) is 28.5 Å². The van der Waals surface area contributed by atoms with Gasteiger partial charge < -0.3 is 9.47 Å². The first kappa shape index (κ1) is 17.4. The summed E-state index contributed by atoms with van der Waals surface area (Å²) >= 11 is 6.26. The van der Waals surface area contributed by atoms with E-state index in [2.05, 4.69) is 10.2 Å². The lowest BCUT2D eigenvalue weighted by molar-refractivity contribution is 0.0599. The summed E-state index contributed by atoms with van der Waals surface area (Å²) in [6, 6.07) is 7.14. The molecular weight excluding hydrogens is 334 g/mol. The third kappa shape index (κ3) is 4.77. The molecule has 0 atom stereocenters. The smallest absolute Gasteiger partial charge is 0.421 e. The van der Waals surface area contributed by atoms with Gasteiger partial charge in [-0.25, -0.2) is 9.69 Å². The molecule has 1 amide bonds. The summed E-state index contributed by atoms with van der Waals surface area (Å²) in [7, 11) is 0. The zero-order chi connectivity index (χ0) is 17.0. The van der Waals surface area contributed by atoms with E-state index in [0.717, 1.165) is 5.75 Å². The summed E-state index contributed by atoms with van der Waals surface area (Å²) in [6.45, 7) is 7.93. The van der Waals surface area contributed by atoms with Gasteiger partial charge in [0.2, 0.25) is 5.13 Å². The van der Waals surface area contributed by atoms with Gasteiger partial charge in [-0.05, 0) is 64.2 Å². The molecule has 0 aliphatic carbocycles. The Morgan fingerprint density at radius 3 is 2.48 bits per heavy atom. The lowest BCUT2D eigenvalue weighted by Gasteiger charge is -2.25. The van der Waals surface area contributed by atoms with E-state index in [1.54, 1.807) is 24.3 Å². The van der Waals surface area contributed by atoms with Gasteiger partial charge in [0.05, 0.1) is 12.3 Å². The normalized spacial score (nSPS) is 11.1. The highest BCUT2D eigenvalue weighted by atomic mass is 32.1. The quantitative estimate of drug-likeness (QED) is 0.809. The molecule has 0 saturated carbocycles. The van der Waals surface area contributed by atoms with Gasteiger partial charge in [0.25, 0.3) is 0 Å². The SMILES string of the molecule is CCOc1ccc(N(C(=O)OC(C)(C)C)c2n[nH]c(=S)s2)cc1. The number of aromatic nitrogens is 2. The van der Waals surface area contributed by atoms with E-state index in [1.165, 1.54) is 16.2 Å². The van der Waals surface area contributed by atoms with Crippen LogP contribution >= 0.6 is 23.6 Å². The lowest BCUT2D eigenvalue weighted by atomic mass is 10.2. The summed E-state index contributed by atoms with van der Waals surface area (Å²) in [6.07, 6.45) is -0.514. The van der Waals surface area contributed by atoms with Crippen molar-refractivity contribution in [2.75, 3.05) is 11.5 Å². The van der Waals surface area contributed by atoms with E-state index >= 15 is 0 Å². The number of hydrogen-bond donors (Lipinski definition) is 1. The fourth-order valence-electron chi connectivity index (χ4n) is 1.78. The van der Waals surface area contributed by atoms with Crippen molar-refractivity contribution in [3.63, 3.8) is 0 Å². The van der Waals surface area contributed by atoms with E-state index in [4.69, 9.17) is 21.7 Å². The highest BCUT2D eigenvalue weighted by molar-refractivity contribution is 7.73. The van der Waals surface area contributed by atoms with Gasteiger partial charge in [0, 0.05) is 0 Å². The maximum atomic E-state index is 12.6. The second-order valence-electron chi connectivity index (χ2n) is 5.64. The minimum absolute atomic E-state index is 0.424. The first-order chi connectivity index (χ1) is 10.8. The van der Waals surface area contributed by atoms with E-state index in [9.17, 15) is 4.79 Å². The lowest BCUT2D eigenvalue weighted by Crippen LogP contribution is -2.33. The van der Waals surface area contributed by atoms with Crippen molar-refractivity contribution in [3.8, 4) is 5.75 Å². The average Bonchev–Trinajstić information content (AvgIpc) is 2.85. The Morgan fingerprint density at radius 2 is 2.00 bits per heavy atom. The van der Waals surface area contributed by atoms with E-state index < -0.39 is 11.7 Å². The number of aromatic amines is 1. The number of hydrogen-bond acceptors (Lipinski definition) is 6. The van der Waals surface area contributed by atoms with Gasteiger partial charge >= 0.3 is 6.09 Å². The molecule has 6 nitrogen and oxygen atoms in total. The standard InChI is InChI=1S/C15H19N3O3S2/c1-5-20-11-8-6-10(7-9-11)18(12-16-17-13(22)23-12)14(19)21-15(2,3)4/h6-9H,5H2,1-4H3,(H,17,22). The summed E-state index contributed by atoms with van der Waals surface area (Å²) in [5, 5.41) is 7.19. The topological polar surface area (TPSA) is 67.4 Å². The van der Waals surface area contributed by atoms with Crippen LogP contribution < -0.4 is 9.64 Å². The molecule has 0 fully saturated rings. The first-order valence-electron chi connectivity index (χ1n) is 7.11. The Kier molecular flexibility index (Phi) is 5.38. The van der Waals surface area contributed by atoms with Crippen LogP contribution in [0.2, 0.25) is 0 Å². The number of carbonyl (C=O) groups is 1. The van der Waals surface area contributed by atoms with Gasteiger partial charge in [-0.1, -0.05) is 11.3 Å². The number of benzene rings is 1. The Labute approximate surface area is 144 Å². The fraction of sp³-hybridized carbons (Fsp3) is 0.400. The molecule has 0 spiro atoms. The molecule has 124 valence electrons. The highest BCUT2D eigenvalue weighted by Crippen LogP contribution is 2.30.